The highest BCUT2D eigenvalue weighted by molar-refractivity contribution is 5.69. The van der Waals surface area contributed by atoms with Crippen LogP contribution in [-0.4, -0.2) is 58.9 Å². The van der Waals surface area contributed by atoms with Gasteiger partial charge in [-0.1, -0.05) is 103 Å². The molecule has 0 aromatic rings. The number of unbranched alkanes of at least 4 members (excludes halogenated alkanes) is 15. The molecule has 0 bridgehead atoms. The maximum atomic E-state index is 12.0. The van der Waals surface area contributed by atoms with Crippen LogP contribution in [0.15, 0.2) is 0 Å². The van der Waals surface area contributed by atoms with Crippen molar-refractivity contribution < 1.29 is 29.6 Å². The third kappa shape index (κ3) is 13.5. The number of esters is 1. The van der Waals surface area contributed by atoms with Crippen LogP contribution in [0.4, 0.5) is 0 Å². The molecule has 1 fully saturated rings. The van der Waals surface area contributed by atoms with Crippen molar-refractivity contribution in [2.75, 3.05) is 13.2 Å². The zero-order valence-electron chi connectivity index (χ0n) is 19.8. The van der Waals surface area contributed by atoms with E-state index in [4.69, 9.17) is 14.6 Å². The van der Waals surface area contributed by atoms with Crippen molar-refractivity contribution >= 4 is 5.97 Å². The highest BCUT2D eigenvalue weighted by atomic mass is 16.6. The summed E-state index contributed by atoms with van der Waals surface area (Å²) < 4.78 is 10.5. The quantitative estimate of drug-likeness (QED) is 0.187. The van der Waals surface area contributed by atoms with E-state index >= 15 is 0 Å². The number of hydrogen-bond acceptors (Lipinski definition) is 6. The molecule has 1 saturated heterocycles. The first kappa shape index (κ1) is 28.3. The van der Waals surface area contributed by atoms with E-state index in [0.717, 1.165) is 19.3 Å². The van der Waals surface area contributed by atoms with Crippen molar-refractivity contribution in [3.63, 3.8) is 0 Å². The van der Waals surface area contributed by atoms with Crippen molar-refractivity contribution in [1.82, 2.24) is 0 Å². The van der Waals surface area contributed by atoms with Gasteiger partial charge in [-0.05, 0) is 6.42 Å². The third-order valence-corrected chi connectivity index (χ3v) is 6.23. The molecular weight excluding hydrogens is 396 g/mol. The van der Waals surface area contributed by atoms with Crippen LogP contribution in [0.3, 0.4) is 0 Å². The molecule has 1 rings (SSSR count). The standard InChI is InChI=1S/C25H48O6/c1-2-3-4-5-6-7-8-9-10-11-12-13-14-15-16-17-18-23(29)31-25-22(28)20-30-24(25)21(27)19-26/h21-22,24-28H,2-20H2,1H3/t21-,22-,24-,25-/m1/s1. The fourth-order valence-electron chi connectivity index (χ4n) is 4.23. The molecule has 3 N–H and O–H groups in total. The van der Waals surface area contributed by atoms with Crippen molar-refractivity contribution in [2.24, 2.45) is 0 Å². The van der Waals surface area contributed by atoms with E-state index in [2.05, 4.69) is 6.92 Å². The summed E-state index contributed by atoms with van der Waals surface area (Å²) in [5.41, 5.74) is 0. The van der Waals surface area contributed by atoms with Crippen LogP contribution >= 0.6 is 0 Å². The molecule has 0 spiro atoms. The Bertz CT molecular complexity index is 430. The number of aliphatic hydroxyl groups excluding tert-OH is 3. The molecule has 0 radical (unpaired) electrons. The second kappa shape index (κ2) is 18.8. The van der Waals surface area contributed by atoms with Gasteiger partial charge in [-0.3, -0.25) is 4.79 Å². The van der Waals surface area contributed by atoms with Crippen molar-refractivity contribution in [1.29, 1.82) is 0 Å². The molecule has 1 heterocycles. The minimum absolute atomic E-state index is 0.00127. The Balaban J connectivity index is 1.89. The average Bonchev–Trinajstić information content (AvgIpc) is 3.13. The Morgan fingerprint density at radius 2 is 1.32 bits per heavy atom. The number of ether oxygens (including phenoxy) is 2. The summed E-state index contributed by atoms with van der Waals surface area (Å²) in [6.07, 6.45) is 17.0. The first-order valence-corrected chi connectivity index (χ1v) is 12.9. The van der Waals surface area contributed by atoms with E-state index in [-0.39, 0.29) is 12.6 Å². The van der Waals surface area contributed by atoms with Gasteiger partial charge < -0.3 is 24.8 Å². The summed E-state index contributed by atoms with van der Waals surface area (Å²) in [7, 11) is 0. The molecule has 1 aliphatic heterocycles. The van der Waals surface area contributed by atoms with E-state index in [1.165, 1.54) is 83.5 Å². The molecule has 0 amide bonds. The molecule has 0 aliphatic carbocycles. The van der Waals surface area contributed by atoms with Crippen molar-refractivity contribution in [2.45, 2.75) is 140 Å². The second-order valence-electron chi connectivity index (χ2n) is 9.12. The minimum Gasteiger partial charge on any atom is -0.457 e. The number of hydrogen-bond donors (Lipinski definition) is 3. The van der Waals surface area contributed by atoms with Crippen LogP contribution in [0.2, 0.25) is 0 Å². The molecule has 0 saturated carbocycles. The third-order valence-electron chi connectivity index (χ3n) is 6.23. The molecule has 6 heteroatoms. The lowest BCUT2D eigenvalue weighted by molar-refractivity contribution is -0.160. The molecule has 6 nitrogen and oxygen atoms in total. The van der Waals surface area contributed by atoms with E-state index in [0.29, 0.717) is 6.42 Å². The van der Waals surface area contributed by atoms with Gasteiger partial charge in [0.15, 0.2) is 6.10 Å². The highest BCUT2D eigenvalue weighted by Crippen LogP contribution is 2.22. The largest absolute Gasteiger partial charge is 0.457 e. The first-order valence-electron chi connectivity index (χ1n) is 12.9. The lowest BCUT2D eigenvalue weighted by atomic mass is 10.0. The van der Waals surface area contributed by atoms with E-state index in [1.807, 2.05) is 0 Å². The van der Waals surface area contributed by atoms with Crippen molar-refractivity contribution in [3.8, 4) is 0 Å². The van der Waals surface area contributed by atoms with Crippen LogP contribution in [0.1, 0.15) is 116 Å². The van der Waals surface area contributed by atoms with E-state index in [1.54, 1.807) is 0 Å². The molecule has 0 unspecified atom stereocenters. The van der Waals surface area contributed by atoms with Crippen LogP contribution < -0.4 is 0 Å². The predicted molar refractivity (Wildman–Crippen MR) is 123 cm³/mol. The Morgan fingerprint density at radius 3 is 1.77 bits per heavy atom. The summed E-state index contributed by atoms with van der Waals surface area (Å²) in [6.45, 7) is 1.77. The van der Waals surface area contributed by atoms with Gasteiger partial charge in [-0.2, -0.15) is 0 Å². The summed E-state index contributed by atoms with van der Waals surface area (Å²) in [6, 6.07) is 0. The number of carbonyl (C=O) groups is 1. The fraction of sp³-hybridized carbons (Fsp3) is 0.960. The summed E-state index contributed by atoms with van der Waals surface area (Å²) >= 11 is 0. The average molecular weight is 445 g/mol. The zero-order valence-corrected chi connectivity index (χ0v) is 19.8. The van der Waals surface area contributed by atoms with Gasteiger partial charge in [0, 0.05) is 6.42 Å². The van der Waals surface area contributed by atoms with Gasteiger partial charge in [-0.25, -0.2) is 0 Å². The van der Waals surface area contributed by atoms with Crippen LogP contribution in [0, 0.1) is 0 Å². The monoisotopic (exact) mass is 444 g/mol. The summed E-state index contributed by atoms with van der Waals surface area (Å²) in [4.78, 5) is 12.0. The SMILES string of the molecule is CCCCCCCCCCCCCCCCCCC(=O)O[C@H]1[C@@H]([C@H](O)CO)OC[C@H]1O. The molecule has 184 valence electrons. The summed E-state index contributed by atoms with van der Waals surface area (Å²) in [5, 5.41) is 28.6. The fourth-order valence-corrected chi connectivity index (χ4v) is 4.23. The maximum absolute atomic E-state index is 12.0. The zero-order chi connectivity index (χ0) is 22.7. The number of rotatable bonds is 20. The molecular formula is C25H48O6. The lowest BCUT2D eigenvalue weighted by Crippen LogP contribution is -2.43. The Hall–Kier alpha value is -0.690. The lowest BCUT2D eigenvalue weighted by Gasteiger charge is -2.23. The topological polar surface area (TPSA) is 96.2 Å². The normalized spacial score (nSPS) is 22.0. The minimum atomic E-state index is -1.16. The van der Waals surface area contributed by atoms with Gasteiger partial charge in [0.25, 0.3) is 0 Å². The van der Waals surface area contributed by atoms with Gasteiger partial charge in [0.2, 0.25) is 0 Å². The van der Waals surface area contributed by atoms with E-state index in [9.17, 15) is 15.0 Å². The van der Waals surface area contributed by atoms with Gasteiger partial charge >= 0.3 is 5.97 Å². The molecule has 0 aromatic carbocycles. The van der Waals surface area contributed by atoms with Crippen LogP contribution in [0.5, 0.6) is 0 Å². The maximum Gasteiger partial charge on any atom is 0.306 e. The Labute approximate surface area is 189 Å². The summed E-state index contributed by atoms with van der Waals surface area (Å²) in [5.74, 6) is -0.380. The molecule has 4 atom stereocenters. The van der Waals surface area contributed by atoms with Crippen LogP contribution in [0.25, 0.3) is 0 Å². The first-order chi connectivity index (χ1) is 15.1. The Kier molecular flexibility index (Phi) is 17.2. The van der Waals surface area contributed by atoms with Crippen molar-refractivity contribution in [3.05, 3.63) is 0 Å². The highest BCUT2D eigenvalue weighted by Gasteiger charge is 2.42. The molecule has 0 aromatic heterocycles. The van der Waals surface area contributed by atoms with E-state index < -0.39 is 31.0 Å². The molecule has 31 heavy (non-hydrogen) atoms. The Morgan fingerprint density at radius 1 is 0.871 bits per heavy atom. The molecule has 1 aliphatic rings. The smallest absolute Gasteiger partial charge is 0.306 e. The van der Waals surface area contributed by atoms with Gasteiger partial charge in [-0.15, -0.1) is 0 Å². The van der Waals surface area contributed by atoms with Gasteiger partial charge in [0.1, 0.15) is 18.3 Å². The predicted octanol–water partition coefficient (Wildman–Crippen LogP) is 4.66. The number of aliphatic hydroxyl groups is 3. The number of carbonyl (C=O) groups excluding carboxylic acids is 1. The second-order valence-corrected chi connectivity index (χ2v) is 9.12. The van der Waals surface area contributed by atoms with Crippen LogP contribution in [-0.2, 0) is 14.3 Å². The van der Waals surface area contributed by atoms with Gasteiger partial charge in [0.05, 0.1) is 13.2 Å².